The van der Waals surface area contributed by atoms with Crippen molar-refractivity contribution in [2.24, 2.45) is 17.6 Å². The van der Waals surface area contributed by atoms with Gasteiger partial charge in [-0.3, -0.25) is 0 Å². The molecule has 0 radical (unpaired) electrons. The molecule has 0 amide bonds. The fraction of sp³-hybridized carbons (Fsp3) is 1.00. The molecule has 0 saturated heterocycles. The molecule has 0 heterocycles. The van der Waals surface area contributed by atoms with Gasteiger partial charge in [0.15, 0.2) is 0 Å². The number of hydrogen-bond donors (Lipinski definition) is 1. The smallest absolute Gasteiger partial charge is 0.00414 e. The topological polar surface area (TPSA) is 26.0 Å². The molecule has 0 aromatic heterocycles. The first kappa shape index (κ1) is 14.0. The van der Waals surface area contributed by atoms with Gasteiger partial charge in [0.25, 0.3) is 0 Å². The van der Waals surface area contributed by atoms with E-state index in [0.29, 0.717) is 6.04 Å². The Labute approximate surface area is 102 Å². The van der Waals surface area contributed by atoms with Gasteiger partial charge in [-0.2, -0.15) is 0 Å². The van der Waals surface area contributed by atoms with E-state index in [-0.39, 0.29) is 0 Å². The molecular weight excluding hydrogens is 194 g/mol. The van der Waals surface area contributed by atoms with Crippen LogP contribution in [0.5, 0.6) is 0 Å². The van der Waals surface area contributed by atoms with Crippen LogP contribution in [0, 0.1) is 11.8 Å². The van der Waals surface area contributed by atoms with Crippen molar-refractivity contribution in [2.45, 2.75) is 84.1 Å². The molecular formula is C15H31N. The zero-order valence-electron chi connectivity index (χ0n) is 11.4. The SMILES string of the molecule is CCCCC(CC)CC1CCCCC(N)C1. The maximum atomic E-state index is 6.14. The highest BCUT2D eigenvalue weighted by Gasteiger charge is 2.20. The minimum absolute atomic E-state index is 0.496. The lowest BCUT2D eigenvalue weighted by Crippen LogP contribution is -2.22. The Morgan fingerprint density at radius 1 is 1.19 bits per heavy atom. The van der Waals surface area contributed by atoms with Crippen molar-refractivity contribution in [1.29, 1.82) is 0 Å². The van der Waals surface area contributed by atoms with Crippen molar-refractivity contribution in [2.75, 3.05) is 0 Å². The van der Waals surface area contributed by atoms with Gasteiger partial charge >= 0.3 is 0 Å². The van der Waals surface area contributed by atoms with E-state index >= 15 is 0 Å². The van der Waals surface area contributed by atoms with Crippen LogP contribution in [0.2, 0.25) is 0 Å². The van der Waals surface area contributed by atoms with Gasteiger partial charge in [0.05, 0.1) is 0 Å². The largest absolute Gasteiger partial charge is 0.328 e. The van der Waals surface area contributed by atoms with Crippen LogP contribution in [0.4, 0.5) is 0 Å². The fourth-order valence-electron chi connectivity index (χ4n) is 3.17. The van der Waals surface area contributed by atoms with Crippen molar-refractivity contribution in [3.8, 4) is 0 Å². The Balaban J connectivity index is 2.31. The third-order valence-electron chi connectivity index (χ3n) is 4.28. The second-order valence-electron chi connectivity index (χ2n) is 5.80. The molecule has 0 spiro atoms. The molecule has 1 aliphatic carbocycles. The van der Waals surface area contributed by atoms with Crippen LogP contribution in [0.25, 0.3) is 0 Å². The molecule has 1 saturated carbocycles. The average Bonchev–Trinajstić information content (AvgIpc) is 2.48. The number of hydrogen-bond acceptors (Lipinski definition) is 1. The summed E-state index contributed by atoms with van der Waals surface area (Å²) < 4.78 is 0. The van der Waals surface area contributed by atoms with Crippen LogP contribution in [0.1, 0.15) is 78.1 Å². The van der Waals surface area contributed by atoms with Crippen molar-refractivity contribution < 1.29 is 0 Å². The van der Waals surface area contributed by atoms with Gasteiger partial charge in [0.1, 0.15) is 0 Å². The Morgan fingerprint density at radius 3 is 2.62 bits per heavy atom. The second kappa shape index (κ2) is 8.11. The third kappa shape index (κ3) is 5.34. The zero-order valence-corrected chi connectivity index (χ0v) is 11.4. The third-order valence-corrected chi connectivity index (χ3v) is 4.28. The standard InChI is InChI=1S/C15H31N/c1-3-5-8-13(4-2)11-14-9-6-7-10-15(16)12-14/h13-15H,3-12,16H2,1-2H3. The quantitative estimate of drug-likeness (QED) is 0.662. The molecule has 96 valence electrons. The van der Waals surface area contributed by atoms with Crippen LogP contribution in [-0.4, -0.2) is 6.04 Å². The maximum Gasteiger partial charge on any atom is 0.00414 e. The molecule has 3 unspecified atom stereocenters. The molecule has 2 N–H and O–H groups in total. The molecule has 1 heteroatoms. The van der Waals surface area contributed by atoms with Gasteiger partial charge < -0.3 is 5.73 Å². The molecule has 0 bridgehead atoms. The van der Waals surface area contributed by atoms with E-state index in [2.05, 4.69) is 13.8 Å². The average molecular weight is 225 g/mol. The molecule has 0 aromatic carbocycles. The summed E-state index contributed by atoms with van der Waals surface area (Å²) >= 11 is 0. The number of unbranched alkanes of at least 4 members (excludes halogenated alkanes) is 1. The van der Waals surface area contributed by atoms with E-state index in [9.17, 15) is 0 Å². The molecule has 0 aliphatic heterocycles. The van der Waals surface area contributed by atoms with Crippen LogP contribution < -0.4 is 5.73 Å². The summed E-state index contributed by atoms with van der Waals surface area (Å²) in [4.78, 5) is 0. The van der Waals surface area contributed by atoms with E-state index in [1.807, 2.05) is 0 Å². The highest BCUT2D eigenvalue weighted by atomic mass is 14.6. The predicted octanol–water partition coefficient (Wildman–Crippen LogP) is 4.50. The molecule has 3 atom stereocenters. The van der Waals surface area contributed by atoms with Gasteiger partial charge in [-0.05, 0) is 31.1 Å². The molecule has 16 heavy (non-hydrogen) atoms. The van der Waals surface area contributed by atoms with Crippen LogP contribution >= 0.6 is 0 Å². The molecule has 1 aliphatic rings. The van der Waals surface area contributed by atoms with E-state index in [1.54, 1.807) is 0 Å². The Bertz CT molecular complexity index is 167. The summed E-state index contributed by atoms with van der Waals surface area (Å²) in [6.07, 6.45) is 13.8. The summed E-state index contributed by atoms with van der Waals surface area (Å²) in [5, 5.41) is 0. The molecule has 1 nitrogen and oxygen atoms in total. The van der Waals surface area contributed by atoms with Crippen molar-refractivity contribution in [1.82, 2.24) is 0 Å². The summed E-state index contributed by atoms with van der Waals surface area (Å²) in [5.41, 5.74) is 6.14. The summed E-state index contributed by atoms with van der Waals surface area (Å²) in [6, 6.07) is 0.496. The van der Waals surface area contributed by atoms with Crippen molar-refractivity contribution >= 4 is 0 Å². The van der Waals surface area contributed by atoms with Crippen molar-refractivity contribution in [3.63, 3.8) is 0 Å². The summed E-state index contributed by atoms with van der Waals surface area (Å²) in [6.45, 7) is 4.66. The first-order chi connectivity index (χ1) is 7.76. The zero-order chi connectivity index (χ0) is 11.8. The lowest BCUT2D eigenvalue weighted by atomic mass is 9.84. The summed E-state index contributed by atoms with van der Waals surface area (Å²) in [7, 11) is 0. The first-order valence-corrected chi connectivity index (χ1v) is 7.51. The van der Waals surface area contributed by atoms with Gasteiger partial charge in [0.2, 0.25) is 0 Å². The first-order valence-electron chi connectivity index (χ1n) is 7.51. The minimum atomic E-state index is 0.496. The molecule has 1 fully saturated rings. The van der Waals surface area contributed by atoms with E-state index in [0.717, 1.165) is 11.8 Å². The minimum Gasteiger partial charge on any atom is -0.328 e. The maximum absolute atomic E-state index is 6.14. The fourth-order valence-corrected chi connectivity index (χ4v) is 3.17. The second-order valence-corrected chi connectivity index (χ2v) is 5.80. The Hall–Kier alpha value is -0.0400. The lowest BCUT2D eigenvalue weighted by Gasteiger charge is -2.23. The van der Waals surface area contributed by atoms with E-state index in [4.69, 9.17) is 5.73 Å². The Morgan fingerprint density at radius 2 is 1.94 bits per heavy atom. The monoisotopic (exact) mass is 225 g/mol. The number of nitrogens with two attached hydrogens (primary N) is 1. The molecule has 1 rings (SSSR count). The Kier molecular flexibility index (Phi) is 7.11. The van der Waals surface area contributed by atoms with Gasteiger partial charge in [-0.15, -0.1) is 0 Å². The normalized spacial score (nSPS) is 28.7. The van der Waals surface area contributed by atoms with Gasteiger partial charge in [-0.1, -0.05) is 58.8 Å². The van der Waals surface area contributed by atoms with Crippen LogP contribution in [0.15, 0.2) is 0 Å². The summed E-state index contributed by atoms with van der Waals surface area (Å²) in [5.74, 6) is 1.90. The van der Waals surface area contributed by atoms with E-state index < -0.39 is 0 Å². The highest BCUT2D eigenvalue weighted by Crippen LogP contribution is 2.30. The van der Waals surface area contributed by atoms with Crippen LogP contribution in [-0.2, 0) is 0 Å². The molecule has 0 aromatic rings. The highest BCUT2D eigenvalue weighted by molar-refractivity contribution is 4.75. The lowest BCUT2D eigenvalue weighted by molar-refractivity contribution is 0.305. The van der Waals surface area contributed by atoms with Gasteiger partial charge in [-0.25, -0.2) is 0 Å². The van der Waals surface area contributed by atoms with E-state index in [1.165, 1.54) is 64.2 Å². The predicted molar refractivity (Wildman–Crippen MR) is 72.5 cm³/mol. The van der Waals surface area contributed by atoms with Crippen molar-refractivity contribution in [3.05, 3.63) is 0 Å². The van der Waals surface area contributed by atoms with Gasteiger partial charge in [0, 0.05) is 6.04 Å². The number of rotatable bonds is 6. The van der Waals surface area contributed by atoms with Crippen LogP contribution in [0.3, 0.4) is 0 Å².